The molecule has 0 bridgehead atoms. The summed E-state index contributed by atoms with van der Waals surface area (Å²) in [7, 11) is 0. The fourth-order valence-corrected chi connectivity index (χ4v) is 2.14. The summed E-state index contributed by atoms with van der Waals surface area (Å²) in [5.41, 5.74) is 2.97. The molecule has 0 spiro atoms. The normalized spacial score (nSPS) is 10.5. The Morgan fingerprint density at radius 2 is 1.78 bits per heavy atom. The summed E-state index contributed by atoms with van der Waals surface area (Å²) in [6.07, 6.45) is 3.51. The number of benzene rings is 2. The molecule has 0 aliphatic heterocycles. The van der Waals surface area contributed by atoms with Crippen molar-refractivity contribution in [1.82, 2.24) is 9.78 Å². The molecule has 0 aliphatic carbocycles. The van der Waals surface area contributed by atoms with E-state index in [0.29, 0.717) is 5.56 Å². The van der Waals surface area contributed by atoms with Crippen LogP contribution < -0.4 is 0 Å². The summed E-state index contributed by atoms with van der Waals surface area (Å²) in [5, 5.41) is 13.2. The minimum Gasteiger partial charge on any atom is -0.457 e. The van der Waals surface area contributed by atoms with Crippen LogP contribution in [0.15, 0.2) is 67.0 Å². The molecule has 0 radical (unpaired) electrons. The Morgan fingerprint density at radius 1 is 1.04 bits per heavy atom. The first kappa shape index (κ1) is 15.0. The number of esters is 1. The van der Waals surface area contributed by atoms with Gasteiger partial charge < -0.3 is 9.84 Å². The van der Waals surface area contributed by atoms with Crippen molar-refractivity contribution >= 4 is 5.97 Å². The third kappa shape index (κ3) is 3.64. The summed E-state index contributed by atoms with van der Waals surface area (Å²) < 4.78 is 7.02. The van der Waals surface area contributed by atoms with Crippen molar-refractivity contribution in [3.8, 4) is 5.69 Å². The van der Waals surface area contributed by atoms with Crippen molar-refractivity contribution in [2.75, 3.05) is 0 Å². The molecule has 2 aromatic carbocycles. The van der Waals surface area contributed by atoms with Gasteiger partial charge in [0.2, 0.25) is 0 Å². The Hall–Kier alpha value is -2.92. The second-order valence-corrected chi connectivity index (χ2v) is 5.06. The first-order valence-electron chi connectivity index (χ1n) is 7.22. The minimum absolute atomic E-state index is 0.0476. The van der Waals surface area contributed by atoms with Crippen molar-refractivity contribution in [1.29, 1.82) is 0 Å². The van der Waals surface area contributed by atoms with Crippen LogP contribution in [0.3, 0.4) is 0 Å². The first-order chi connectivity index (χ1) is 11.3. The molecular weight excluding hydrogens is 292 g/mol. The zero-order valence-corrected chi connectivity index (χ0v) is 12.4. The Balaban J connectivity index is 1.62. The molecule has 3 aromatic rings. The maximum Gasteiger partial charge on any atom is 0.338 e. The standard InChI is InChI=1S/C18H16N2O3/c21-12-14-6-8-16(9-7-14)18(22)23-13-15-10-19-20(11-15)17-4-2-1-3-5-17/h1-11,21H,12-13H2. The molecule has 0 saturated carbocycles. The Kier molecular flexibility index (Phi) is 4.49. The summed E-state index contributed by atoms with van der Waals surface area (Å²) >= 11 is 0. The summed E-state index contributed by atoms with van der Waals surface area (Å²) in [5.74, 6) is -0.401. The Bertz CT molecular complexity index is 780. The molecule has 0 amide bonds. The SMILES string of the molecule is O=C(OCc1cnn(-c2ccccc2)c1)c1ccc(CO)cc1. The van der Waals surface area contributed by atoms with Gasteiger partial charge in [-0.2, -0.15) is 5.10 Å². The van der Waals surface area contributed by atoms with Crippen LogP contribution in [0.25, 0.3) is 5.69 Å². The summed E-state index contributed by atoms with van der Waals surface area (Å²) in [4.78, 5) is 12.0. The number of hydrogen-bond donors (Lipinski definition) is 1. The second kappa shape index (κ2) is 6.89. The van der Waals surface area contributed by atoms with Crippen molar-refractivity contribution in [3.63, 3.8) is 0 Å². The number of ether oxygens (including phenoxy) is 1. The molecule has 1 heterocycles. The molecule has 0 fully saturated rings. The Morgan fingerprint density at radius 3 is 2.48 bits per heavy atom. The second-order valence-electron chi connectivity index (χ2n) is 5.06. The van der Waals surface area contributed by atoms with E-state index in [1.54, 1.807) is 35.1 Å². The summed E-state index contributed by atoms with van der Waals surface area (Å²) in [6.45, 7) is 0.113. The van der Waals surface area contributed by atoms with Gasteiger partial charge in [0.05, 0.1) is 24.1 Å². The number of carbonyl (C=O) groups excluding carboxylic acids is 1. The number of aliphatic hydroxyl groups excluding tert-OH is 1. The topological polar surface area (TPSA) is 64.3 Å². The highest BCUT2D eigenvalue weighted by molar-refractivity contribution is 5.89. The van der Waals surface area contributed by atoms with Gasteiger partial charge in [-0.25, -0.2) is 9.48 Å². The van der Waals surface area contributed by atoms with Gasteiger partial charge in [0.25, 0.3) is 0 Å². The van der Waals surface area contributed by atoms with E-state index in [0.717, 1.165) is 16.8 Å². The lowest BCUT2D eigenvalue weighted by Gasteiger charge is -2.04. The van der Waals surface area contributed by atoms with Gasteiger partial charge in [0.1, 0.15) is 6.61 Å². The number of hydrogen-bond acceptors (Lipinski definition) is 4. The number of aliphatic hydroxyl groups is 1. The van der Waals surface area contributed by atoms with Crippen LogP contribution in [0.1, 0.15) is 21.5 Å². The van der Waals surface area contributed by atoms with E-state index >= 15 is 0 Å². The zero-order valence-electron chi connectivity index (χ0n) is 12.4. The largest absolute Gasteiger partial charge is 0.457 e. The van der Waals surface area contributed by atoms with Crippen molar-refractivity contribution in [2.24, 2.45) is 0 Å². The molecule has 5 nitrogen and oxygen atoms in total. The maximum absolute atomic E-state index is 12.0. The third-order valence-electron chi connectivity index (χ3n) is 3.40. The van der Waals surface area contributed by atoms with E-state index in [9.17, 15) is 4.79 Å². The van der Waals surface area contributed by atoms with Crippen LogP contribution in [-0.4, -0.2) is 20.9 Å². The predicted molar refractivity (Wildman–Crippen MR) is 85.0 cm³/mol. The van der Waals surface area contributed by atoms with Gasteiger partial charge in [-0.1, -0.05) is 30.3 Å². The number of carbonyl (C=O) groups is 1. The summed E-state index contributed by atoms with van der Waals surface area (Å²) in [6, 6.07) is 16.4. The highest BCUT2D eigenvalue weighted by atomic mass is 16.5. The fraction of sp³-hybridized carbons (Fsp3) is 0.111. The van der Waals surface area contributed by atoms with Crippen LogP contribution in [0, 0.1) is 0 Å². The number of aromatic nitrogens is 2. The molecule has 3 rings (SSSR count). The first-order valence-corrected chi connectivity index (χ1v) is 7.22. The highest BCUT2D eigenvalue weighted by Gasteiger charge is 2.08. The van der Waals surface area contributed by atoms with E-state index in [4.69, 9.17) is 9.84 Å². The average molecular weight is 308 g/mol. The lowest BCUT2D eigenvalue weighted by Crippen LogP contribution is -2.05. The number of rotatable bonds is 5. The van der Waals surface area contributed by atoms with Crippen LogP contribution >= 0.6 is 0 Å². The van der Waals surface area contributed by atoms with E-state index in [1.807, 2.05) is 36.5 Å². The van der Waals surface area contributed by atoms with Crippen LogP contribution in [0.5, 0.6) is 0 Å². The number of para-hydroxylation sites is 1. The van der Waals surface area contributed by atoms with E-state index in [2.05, 4.69) is 5.10 Å². The molecule has 1 N–H and O–H groups in total. The minimum atomic E-state index is -0.401. The smallest absolute Gasteiger partial charge is 0.338 e. The van der Waals surface area contributed by atoms with E-state index in [-0.39, 0.29) is 13.2 Å². The molecular formula is C18H16N2O3. The quantitative estimate of drug-likeness (QED) is 0.736. The molecule has 23 heavy (non-hydrogen) atoms. The van der Waals surface area contributed by atoms with Crippen LogP contribution in [0.2, 0.25) is 0 Å². The molecule has 0 atom stereocenters. The van der Waals surface area contributed by atoms with Crippen molar-refractivity contribution in [3.05, 3.63) is 83.7 Å². The van der Waals surface area contributed by atoms with Gasteiger partial charge in [-0.3, -0.25) is 0 Å². The molecule has 0 unspecified atom stereocenters. The van der Waals surface area contributed by atoms with E-state index in [1.165, 1.54) is 0 Å². The van der Waals surface area contributed by atoms with Crippen molar-refractivity contribution < 1.29 is 14.6 Å². The third-order valence-corrected chi connectivity index (χ3v) is 3.40. The molecule has 1 aromatic heterocycles. The highest BCUT2D eigenvalue weighted by Crippen LogP contribution is 2.10. The van der Waals surface area contributed by atoms with Crippen LogP contribution in [0.4, 0.5) is 0 Å². The van der Waals surface area contributed by atoms with E-state index < -0.39 is 5.97 Å². The average Bonchev–Trinajstić information content (AvgIpc) is 3.09. The molecule has 0 saturated heterocycles. The molecule has 5 heteroatoms. The predicted octanol–water partition coefficient (Wildman–Crippen LogP) is 2.72. The number of nitrogens with zero attached hydrogens (tertiary/aromatic N) is 2. The van der Waals surface area contributed by atoms with Gasteiger partial charge in [-0.05, 0) is 29.8 Å². The Labute approximate surface area is 133 Å². The van der Waals surface area contributed by atoms with Gasteiger partial charge in [0, 0.05) is 11.8 Å². The molecule has 0 aliphatic rings. The molecule has 116 valence electrons. The van der Waals surface area contributed by atoms with Crippen molar-refractivity contribution in [2.45, 2.75) is 13.2 Å². The van der Waals surface area contributed by atoms with Gasteiger partial charge in [0.15, 0.2) is 0 Å². The van der Waals surface area contributed by atoms with Gasteiger partial charge in [-0.15, -0.1) is 0 Å². The lowest BCUT2D eigenvalue weighted by atomic mass is 10.1. The fourth-order valence-electron chi connectivity index (χ4n) is 2.14. The monoisotopic (exact) mass is 308 g/mol. The maximum atomic E-state index is 12.0. The zero-order chi connectivity index (χ0) is 16.1. The van der Waals surface area contributed by atoms with Crippen LogP contribution in [-0.2, 0) is 18.0 Å². The van der Waals surface area contributed by atoms with Gasteiger partial charge >= 0.3 is 5.97 Å². The lowest BCUT2D eigenvalue weighted by molar-refractivity contribution is 0.0472.